The van der Waals surface area contributed by atoms with Crippen LogP contribution in [0.3, 0.4) is 0 Å². The lowest BCUT2D eigenvalue weighted by Gasteiger charge is -2.17. The number of carbonyl (C=O) groups is 1. The molecule has 18 heavy (non-hydrogen) atoms. The first-order valence-electron chi connectivity index (χ1n) is 5.64. The average molecular weight is 241 g/mol. The number of benzene rings is 1. The number of rotatable bonds is 2. The van der Waals surface area contributed by atoms with Crippen LogP contribution in [0.2, 0.25) is 0 Å². The Bertz CT molecular complexity index is 581. The Hall–Kier alpha value is -2.36. The number of amides is 1. The molecule has 4 heteroatoms. The number of nitrogens with zero attached hydrogens (tertiary/aromatic N) is 2. The van der Waals surface area contributed by atoms with E-state index in [-0.39, 0.29) is 5.91 Å². The predicted octanol–water partition coefficient (Wildman–Crippen LogP) is 2.25. The van der Waals surface area contributed by atoms with Crippen LogP contribution in [0.25, 0.3) is 0 Å². The predicted molar refractivity (Wildman–Crippen MR) is 72.6 cm³/mol. The maximum absolute atomic E-state index is 12.2. The highest BCUT2D eigenvalue weighted by Crippen LogP contribution is 2.16. The Kier molecular flexibility index (Phi) is 3.28. The van der Waals surface area contributed by atoms with Crippen molar-refractivity contribution in [1.29, 1.82) is 0 Å². The molecule has 0 bridgehead atoms. The van der Waals surface area contributed by atoms with E-state index in [1.165, 1.54) is 6.20 Å². The van der Waals surface area contributed by atoms with Gasteiger partial charge in [0.15, 0.2) is 0 Å². The molecule has 1 aromatic carbocycles. The largest absolute Gasteiger partial charge is 0.399 e. The monoisotopic (exact) mass is 241 g/mol. The second-order valence-electron chi connectivity index (χ2n) is 4.18. The van der Waals surface area contributed by atoms with Gasteiger partial charge in [-0.2, -0.15) is 0 Å². The first-order chi connectivity index (χ1) is 8.58. The van der Waals surface area contributed by atoms with Crippen molar-refractivity contribution in [2.45, 2.75) is 6.92 Å². The van der Waals surface area contributed by atoms with Crippen LogP contribution in [0.5, 0.6) is 0 Å². The van der Waals surface area contributed by atoms with Crippen molar-refractivity contribution in [3.63, 3.8) is 0 Å². The highest BCUT2D eigenvalue weighted by atomic mass is 16.2. The lowest BCUT2D eigenvalue weighted by Crippen LogP contribution is -2.27. The zero-order valence-corrected chi connectivity index (χ0v) is 10.4. The van der Waals surface area contributed by atoms with Crippen molar-refractivity contribution in [1.82, 2.24) is 4.98 Å². The molecule has 2 rings (SSSR count). The Labute approximate surface area is 106 Å². The summed E-state index contributed by atoms with van der Waals surface area (Å²) in [7, 11) is 1.72. The van der Waals surface area contributed by atoms with Gasteiger partial charge in [-0.25, -0.2) is 0 Å². The topological polar surface area (TPSA) is 59.2 Å². The van der Waals surface area contributed by atoms with Gasteiger partial charge < -0.3 is 10.6 Å². The molecule has 0 saturated heterocycles. The molecule has 92 valence electrons. The molecule has 0 saturated carbocycles. The van der Waals surface area contributed by atoms with E-state index in [0.717, 1.165) is 11.3 Å². The average Bonchev–Trinajstić information content (AvgIpc) is 2.37. The number of nitrogens with two attached hydrogens (primary N) is 1. The Balaban J connectivity index is 2.29. The third-order valence-corrected chi connectivity index (χ3v) is 2.70. The SMILES string of the molecule is Cc1cccc(N(C)C(=O)c2cc(N)ccn2)c1. The molecular formula is C14H15N3O. The molecule has 2 N–H and O–H groups in total. The maximum atomic E-state index is 12.2. The third-order valence-electron chi connectivity index (χ3n) is 2.70. The molecule has 0 atom stereocenters. The highest BCUT2D eigenvalue weighted by Gasteiger charge is 2.14. The van der Waals surface area contributed by atoms with Crippen LogP contribution in [0.1, 0.15) is 16.1 Å². The standard InChI is InChI=1S/C14H15N3O/c1-10-4-3-5-12(8-10)17(2)14(18)13-9-11(15)6-7-16-13/h3-9H,1-2H3,(H2,15,16). The number of pyridine rings is 1. The number of carbonyl (C=O) groups excluding carboxylic acids is 1. The van der Waals surface area contributed by atoms with Gasteiger partial charge in [-0.15, -0.1) is 0 Å². The minimum absolute atomic E-state index is 0.173. The van der Waals surface area contributed by atoms with Crippen molar-refractivity contribution in [3.8, 4) is 0 Å². The summed E-state index contributed by atoms with van der Waals surface area (Å²) in [4.78, 5) is 17.8. The number of nitrogen functional groups attached to an aromatic ring is 1. The summed E-state index contributed by atoms with van der Waals surface area (Å²) in [5.41, 5.74) is 8.47. The van der Waals surface area contributed by atoms with E-state index >= 15 is 0 Å². The molecule has 0 unspecified atom stereocenters. The van der Waals surface area contributed by atoms with E-state index < -0.39 is 0 Å². The summed E-state index contributed by atoms with van der Waals surface area (Å²) in [6.07, 6.45) is 1.53. The molecule has 0 aliphatic rings. The smallest absolute Gasteiger partial charge is 0.276 e. The minimum Gasteiger partial charge on any atom is -0.399 e. The fourth-order valence-electron chi connectivity index (χ4n) is 1.69. The van der Waals surface area contributed by atoms with E-state index in [9.17, 15) is 4.79 Å². The molecule has 1 heterocycles. The zero-order valence-electron chi connectivity index (χ0n) is 10.4. The summed E-state index contributed by atoms with van der Waals surface area (Å²) in [5.74, 6) is -0.173. The molecule has 0 aliphatic carbocycles. The third kappa shape index (κ3) is 2.48. The van der Waals surface area contributed by atoms with Crippen LogP contribution in [0.4, 0.5) is 11.4 Å². The molecule has 0 aliphatic heterocycles. The Morgan fingerprint density at radius 2 is 2.06 bits per heavy atom. The molecule has 1 amide bonds. The molecule has 2 aromatic rings. The van der Waals surface area contributed by atoms with Gasteiger partial charge in [0.25, 0.3) is 5.91 Å². The summed E-state index contributed by atoms with van der Waals surface area (Å²) in [6, 6.07) is 11.0. The quantitative estimate of drug-likeness (QED) is 0.877. The Morgan fingerprint density at radius 1 is 1.28 bits per heavy atom. The summed E-state index contributed by atoms with van der Waals surface area (Å²) in [6.45, 7) is 1.99. The van der Waals surface area contributed by atoms with Gasteiger partial charge in [0.2, 0.25) is 0 Å². The number of anilines is 2. The van der Waals surface area contributed by atoms with Crippen molar-refractivity contribution in [2.75, 3.05) is 17.7 Å². The first kappa shape index (κ1) is 12.1. The van der Waals surface area contributed by atoms with Gasteiger partial charge in [-0.05, 0) is 36.8 Å². The molecule has 0 fully saturated rings. The second-order valence-corrected chi connectivity index (χ2v) is 4.18. The van der Waals surface area contributed by atoms with Gasteiger partial charge in [0, 0.05) is 24.6 Å². The van der Waals surface area contributed by atoms with Crippen molar-refractivity contribution in [2.24, 2.45) is 0 Å². The van der Waals surface area contributed by atoms with E-state index in [2.05, 4.69) is 4.98 Å². The summed E-state index contributed by atoms with van der Waals surface area (Å²) < 4.78 is 0. The second kappa shape index (κ2) is 4.87. The fraction of sp³-hybridized carbons (Fsp3) is 0.143. The lowest BCUT2D eigenvalue weighted by atomic mass is 10.2. The lowest BCUT2D eigenvalue weighted by molar-refractivity contribution is 0.0988. The van der Waals surface area contributed by atoms with Crippen LogP contribution in [0.15, 0.2) is 42.6 Å². The van der Waals surface area contributed by atoms with E-state index in [4.69, 9.17) is 5.73 Å². The fourth-order valence-corrected chi connectivity index (χ4v) is 1.69. The van der Waals surface area contributed by atoms with E-state index in [0.29, 0.717) is 11.4 Å². The molecule has 0 spiro atoms. The number of aromatic nitrogens is 1. The van der Waals surface area contributed by atoms with Crippen LogP contribution < -0.4 is 10.6 Å². The minimum atomic E-state index is -0.173. The van der Waals surface area contributed by atoms with Crippen LogP contribution >= 0.6 is 0 Å². The number of aryl methyl sites for hydroxylation is 1. The van der Waals surface area contributed by atoms with E-state index in [1.54, 1.807) is 24.1 Å². The molecule has 1 aromatic heterocycles. The first-order valence-corrected chi connectivity index (χ1v) is 5.64. The van der Waals surface area contributed by atoms with E-state index in [1.807, 2.05) is 31.2 Å². The summed E-state index contributed by atoms with van der Waals surface area (Å²) >= 11 is 0. The van der Waals surface area contributed by atoms with Gasteiger partial charge >= 0.3 is 0 Å². The summed E-state index contributed by atoms with van der Waals surface area (Å²) in [5, 5.41) is 0. The highest BCUT2D eigenvalue weighted by molar-refractivity contribution is 6.04. The molecular weight excluding hydrogens is 226 g/mol. The van der Waals surface area contributed by atoms with Crippen molar-refractivity contribution >= 4 is 17.3 Å². The van der Waals surface area contributed by atoms with Crippen molar-refractivity contribution in [3.05, 3.63) is 53.9 Å². The van der Waals surface area contributed by atoms with Gasteiger partial charge in [-0.3, -0.25) is 9.78 Å². The zero-order chi connectivity index (χ0) is 13.1. The van der Waals surface area contributed by atoms with Crippen LogP contribution in [-0.4, -0.2) is 17.9 Å². The molecule has 4 nitrogen and oxygen atoms in total. The maximum Gasteiger partial charge on any atom is 0.276 e. The van der Waals surface area contributed by atoms with Gasteiger partial charge in [-0.1, -0.05) is 12.1 Å². The number of hydrogen-bond donors (Lipinski definition) is 1. The Morgan fingerprint density at radius 3 is 2.72 bits per heavy atom. The van der Waals surface area contributed by atoms with Crippen LogP contribution in [-0.2, 0) is 0 Å². The van der Waals surface area contributed by atoms with Crippen molar-refractivity contribution < 1.29 is 4.79 Å². The van der Waals surface area contributed by atoms with Gasteiger partial charge in [0.1, 0.15) is 5.69 Å². The number of hydrogen-bond acceptors (Lipinski definition) is 3. The van der Waals surface area contributed by atoms with Gasteiger partial charge in [0.05, 0.1) is 0 Å². The molecule has 0 radical (unpaired) electrons. The van der Waals surface area contributed by atoms with Crippen LogP contribution in [0, 0.1) is 6.92 Å². The normalized spacial score (nSPS) is 10.1.